The van der Waals surface area contributed by atoms with Gasteiger partial charge in [-0.25, -0.2) is 0 Å². The second kappa shape index (κ2) is 12.8. The van der Waals surface area contributed by atoms with E-state index in [1.165, 1.54) is 0 Å². The normalized spacial score (nSPS) is 16.7. The lowest BCUT2D eigenvalue weighted by Crippen LogP contribution is -2.68. The molecule has 0 amide bonds. The number of hydrogen-bond acceptors (Lipinski definition) is 6. The van der Waals surface area contributed by atoms with Crippen LogP contribution in [0.1, 0.15) is 66.4 Å². The van der Waals surface area contributed by atoms with Crippen LogP contribution in [0.4, 0.5) is 0 Å². The Morgan fingerprint density at radius 3 is 2.14 bits per heavy atom. The summed E-state index contributed by atoms with van der Waals surface area (Å²) in [4.78, 5) is 15.1. The van der Waals surface area contributed by atoms with Gasteiger partial charge in [-0.3, -0.25) is 4.79 Å². The Morgan fingerprint density at radius 2 is 1.49 bits per heavy atom. The largest absolute Gasteiger partial charge is 0.533 e. The molecule has 0 fully saturated rings. The monoisotopic (exact) mass is 803 g/mol. The van der Waals surface area contributed by atoms with Crippen molar-refractivity contribution in [3.63, 3.8) is 0 Å². The van der Waals surface area contributed by atoms with Gasteiger partial charge in [-0.05, 0) is 68.5 Å². The molecule has 8 rings (SSSR count). The van der Waals surface area contributed by atoms with E-state index < -0.39 is 13.7 Å². The van der Waals surface area contributed by atoms with Crippen LogP contribution in [0, 0.1) is 3.57 Å². The van der Waals surface area contributed by atoms with Crippen LogP contribution in [-0.2, 0) is 18.4 Å². The van der Waals surface area contributed by atoms with Gasteiger partial charge >= 0.3 is 8.32 Å². The van der Waals surface area contributed by atoms with Crippen molar-refractivity contribution >= 4 is 47.1 Å². The predicted molar refractivity (Wildman–Crippen MR) is 210 cm³/mol. The van der Waals surface area contributed by atoms with Crippen molar-refractivity contribution in [2.75, 3.05) is 0 Å². The number of nitrogens with zero attached hydrogens (tertiary/aromatic N) is 1. The fourth-order valence-electron chi connectivity index (χ4n) is 8.20. The highest BCUT2D eigenvalue weighted by molar-refractivity contribution is 14.1. The van der Waals surface area contributed by atoms with E-state index in [1.807, 2.05) is 72.8 Å². The van der Waals surface area contributed by atoms with E-state index in [4.69, 9.17) is 13.7 Å². The van der Waals surface area contributed by atoms with Gasteiger partial charge in [-0.1, -0.05) is 135 Å². The third-order valence-corrected chi connectivity index (χ3v) is 16.5. The molecule has 2 aliphatic carbocycles. The standard InChI is InChI=1S/C43H38INO5Si/c1-42(2,3)51(29-17-9-5-10-18-29,30-19-11-6-12-20-30)50-35-25-24-32(40(46)38(35)44)43-26-14-23-34-37(43)39(45-49-34)36-31(41(43)47)21-13-22-33(36)48-27-28-15-7-4-8-16-28/h4-13,15-22,24-25,46H,14,23,26-27H2,1-3H3. The number of rotatable bonds is 8. The first-order valence-corrected chi connectivity index (χ1v) is 20.3. The number of carbonyl (C=O) groups is 1. The summed E-state index contributed by atoms with van der Waals surface area (Å²) in [5.74, 6) is 1.79. The lowest BCUT2D eigenvalue weighted by molar-refractivity contribution is 0.0890. The second-order valence-electron chi connectivity index (χ2n) is 14.4. The third kappa shape index (κ3) is 5.25. The summed E-state index contributed by atoms with van der Waals surface area (Å²) in [6.07, 6.45) is 1.88. The maximum Gasteiger partial charge on any atom is 0.320 e. The summed E-state index contributed by atoms with van der Waals surface area (Å²) in [6.45, 7) is 7.03. The number of carbonyl (C=O) groups excluding carboxylic acids is 1. The zero-order valence-electron chi connectivity index (χ0n) is 28.8. The molecule has 6 nitrogen and oxygen atoms in total. The highest BCUT2D eigenvalue weighted by atomic mass is 127. The number of aryl methyl sites for hydroxylation is 1. The minimum absolute atomic E-state index is 0.0410. The molecule has 0 spiro atoms. The summed E-state index contributed by atoms with van der Waals surface area (Å²) in [5.41, 5.74) is 2.87. The number of ether oxygens (including phenoxy) is 1. The molecule has 5 aromatic carbocycles. The highest BCUT2D eigenvalue weighted by Gasteiger charge is 2.56. The molecule has 0 bridgehead atoms. The van der Waals surface area contributed by atoms with Crippen LogP contribution in [0.2, 0.25) is 5.04 Å². The molecule has 256 valence electrons. The average molecular weight is 804 g/mol. The Labute approximate surface area is 312 Å². The Bertz CT molecular complexity index is 2210. The number of fused-ring (bicyclic) bond motifs is 2. The molecule has 6 aromatic rings. The molecule has 0 saturated carbocycles. The van der Waals surface area contributed by atoms with Gasteiger partial charge in [0.05, 0.1) is 14.5 Å². The lowest BCUT2D eigenvalue weighted by atomic mass is 9.59. The lowest BCUT2D eigenvalue weighted by Gasteiger charge is -2.43. The van der Waals surface area contributed by atoms with Crippen molar-refractivity contribution in [1.82, 2.24) is 5.16 Å². The van der Waals surface area contributed by atoms with Crippen molar-refractivity contribution in [2.45, 2.75) is 57.1 Å². The van der Waals surface area contributed by atoms with Crippen LogP contribution in [-0.4, -0.2) is 24.4 Å². The Hall–Kier alpha value is -4.67. The number of ketones is 1. The number of Topliss-reactive ketones (excluding diaryl/α,β-unsaturated/α-hetero) is 1. The number of aromatic hydroxyl groups is 1. The predicted octanol–water partition coefficient (Wildman–Crippen LogP) is 8.99. The highest BCUT2D eigenvalue weighted by Crippen LogP contribution is 2.57. The quantitative estimate of drug-likeness (QED) is 0.122. The Balaban J connectivity index is 1.26. The second-order valence-corrected chi connectivity index (χ2v) is 19.7. The van der Waals surface area contributed by atoms with E-state index in [-0.39, 0.29) is 16.6 Å². The van der Waals surface area contributed by atoms with Crippen molar-refractivity contribution in [1.29, 1.82) is 0 Å². The molecule has 8 heteroatoms. The van der Waals surface area contributed by atoms with E-state index >= 15 is 4.79 Å². The zero-order chi connectivity index (χ0) is 35.4. The molecule has 0 radical (unpaired) electrons. The maximum absolute atomic E-state index is 15.1. The summed E-state index contributed by atoms with van der Waals surface area (Å²) in [7, 11) is -2.99. The van der Waals surface area contributed by atoms with Crippen LogP contribution in [0.25, 0.3) is 11.3 Å². The van der Waals surface area contributed by atoms with Gasteiger partial charge in [0.15, 0.2) is 5.78 Å². The number of benzene rings is 5. The van der Waals surface area contributed by atoms with Gasteiger partial charge < -0.3 is 18.8 Å². The van der Waals surface area contributed by atoms with Crippen LogP contribution < -0.4 is 19.5 Å². The molecule has 0 aliphatic heterocycles. The molecule has 1 aromatic heterocycles. The first-order valence-electron chi connectivity index (χ1n) is 17.3. The first kappa shape index (κ1) is 33.5. The topological polar surface area (TPSA) is 81.8 Å². The average Bonchev–Trinajstić information content (AvgIpc) is 3.59. The van der Waals surface area contributed by atoms with Gasteiger partial charge in [-0.15, -0.1) is 0 Å². The van der Waals surface area contributed by atoms with Gasteiger partial charge in [0.2, 0.25) is 0 Å². The summed E-state index contributed by atoms with van der Waals surface area (Å²) >= 11 is 2.19. The van der Waals surface area contributed by atoms with Crippen molar-refractivity contribution in [2.24, 2.45) is 0 Å². The van der Waals surface area contributed by atoms with Crippen LogP contribution in [0.15, 0.2) is 126 Å². The molecule has 1 N–H and O–H groups in total. The van der Waals surface area contributed by atoms with E-state index in [9.17, 15) is 5.11 Å². The minimum Gasteiger partial charge on any atom is -0.533 e. The Morgan fingerprint density at radius 1 is 0.843 bits per heavy atom. The zero-order valence-corrected chi connectivity index (χ0v) is 31.9. The molecule has 2 aliphatic rings. The number of phenols is 1. The SMILES string of the molecule is CC(C)(C)[Si](Oc1ccc(C23CCCc4onc(c42)-c2c(OCc4ccccc4)cccc2C3=O)c(O)c1I)(c1ccccc1)c1ccccc1. The molecule has 0 saturated heterocycles. The van der Waals surface area contributed by atoms with E-state index in [0.29, 0.717) is 69.1 Å². The van der Waals surface area contributed by atoms with Crippen LogP contribution >= 0.6 is 22.6 Å². The fourth-order valence-corrected chi connectivity index (χ4v) is 13.4. The van der Waals surface area contributed by atoms with Crippen molar-refractivity contribution in [3.05, 3.63) is 153 Å². The minimum atomic E-state index is -2.99. The van der Waals surface area contributed by atoms with Gasteiger partial charge in [0, 0.05) is 23.1 Å². The summed E-state index contributed by atoms with van der Waals surface area (Å²) < 4.78 is 20.2. The van der Waals surface area contributed by atoms with E-state index in [0.717, 1.165) is 21.5 Å². The van der Waals surface area contributed by atoms with Gasteiger partial charge in [0.25, 0.3) is 0 Å². The fraction of sp³-hybridized carbons (Fsp3) is 0.209. The van der Waals surface area contributed by atoms with Crippen LogP contribution in [0.3, 0.4) is 0 Å². The van der Waals surface area contributed by atoms with Crippen molar-refractivity contribution < 1.29 is 23.6 Å². The van der Waals surface area contributed by atoms with E-state index in [1.54, 1.807) is 0 Å². The first-order chi connectivity index (χ1) is 24.7. The number of hydrogen-bond donors (Lipinski definition) is 1. The van der Waals surface area contributed by atoms with Gasteiger partial charge in [-0.2, -0.15) is 0 Å². The maximum atomic E-state index is 15.1. The molecule has 1 heterocycles. The molecule has 1 unspecified atom stereocenters. The molecule has 51 heavy (non-hydrogen) atoms. The molecule has 1 atom stereocenters. The third-order valence-electron chi connectivity index (χ3n) is 10.5. The number of aromatic nitrogens is 1. The van der Waals surface area contributed by atoms with Crippen molar-refractivity contribution in [3.8, 4) is 28.5 Å². The van der Waals surface area contributed by atoms with Gasteiger partial charge in [0.1, 0.15) is 35.3 Å². The Kier molecular flexibility index (Phi) is 8.42. The van der Waals surface area contributed by atoms with E-state index in [2.05, 4.69) is 97.0 Å². The molecular weight excluding hydrogens is 765 g/mol. The number of halogens is 1. The summed E-state index contributed by atoms with van der Waals surface area (Å²) in [6, 6.07) is 40.2. The molecular formula is C43H38INO5Si. The number of phenolic OH excluding ortho intramolecular Hbond substituents is 1. The van der Waals surface area contributed by atoms with Crippen LogP contribution in [0.5, 0.6) is 17.2 Å². The summed E-state index contributed by atoms with van der Waals surface area (Å²) in [5, 5.41) is 18.9. The smallest absolute Gasteiger partial charge is 0.320 e.